The predicted octanol–water partition coefficient (Wildman–Crippen LogP) is 3.22. The highest BCUT2D eigenvalue weighted by Gasteiger charge is 1.91. The highest BCUT2D eigenvalue weighted by Crippen LogP contribution is 1.94. The lowest BCUT2D eigenvalue weighted by atomic mass is 10.2. The molecule has 0 aliphatic rings. The van der Waals surface area contributed by atoms with Crippen LogP contribution in [0.1, 0.15) is 20.3 Å². The average Bonchev–Trinajstić information content (AvgIpc) is 2.31. The molecule has 0 saturated heterocycles. The second kappa shape index (κ2) is 12.0. The van der Waals surface area contributed by atoms with E-state index in [0.717, 1.165) is 25.8 Å². The van der Waals surface area contributed by atoms with Gasteiger partial charge in [0.25, 0.3) is 0 Å². The Kier molecular flexibility index (Phi) is 11.1. The number of ether oxygens (including phenoxy) is 1. The summed E-state index contributed by atoms with van der Waals surface area (Å²) in [6.45, 7) is 5.77. The van der Waals surface area contributed by atoms with Crippen molar-refractivity contribution in [2.24, 2.45) is 10.9 Å². The van der Waals surface area contributed by atoms with Crippen LogP contribution >= 0.6 is 0 Å². The molecule has 0 bridgehead atoms. The fourth-order valence-corrected chi connectivity index (χ4v) is 1.04. The van der Waals surface area contributed by atoms with E-state index in [-0.39, 0.29) is 5.83 Å². The van der Waals surface area contributed by atoms with E-state index in [1.807, 2.05) is 6.08 Å². The smallest absolute Gasteiger partial charge is 0.141 e. The van der Waals surface area contributed by atoms with Gasteiger partial charge in [0.05, 0.1) is 12.8 Å². The van der Waals surface area contributed by atoms with E-state index in [1.165, 1.54) is 13.1 Å². The second-order valence-corrected chi connectivity index (χ2v) is 4.12. The third-order valence-electron chi connectivity index (χ3n) is 1.79. The molecule has 1 N–H and O–H groups in total. The van der Waals surface area contributed by atoms with Gasteiger partial charge in [0.15, 0.2) is 0 Å². The first-order chi connectivity index (χ1) is 8.66. The Balaban J connectivity index is 3.53. The summed E-state index contributed by atoms with van der Waals surface area (Å²) in [4.78, 5) is 3.55. The second-order valence-electron chi connectivity index (χ2n) is 4.12. The topological polar surface area (TPSA) is 33.6 Å². The van der Waals surface area contributed by atoms with Crippen molar-refractivity contribution in [3.63, 3.8) is 0 Å². The van der Waals surface area contributed by atoms with E-state index in [9.17, 15) is 4.39 Å². The first kappa shape index (κ1) is 16.6. The van der Waals surface area contributed by atoms with Gasteiger partial charge in [-0.1, -0.05) is 19.9 Å². The van der Waals surface area contributed by atoms with Crippen LogP contribution in [0.4, 0.5) is 4.39 Å². The minimum Gasteiger partial charge on any atom is -0.381 e. The molecule has 0 amide bonds. The SMILES string of the molecule is CN=C/C(F)=C\C=C\N/C=C/CCOCC(C)C. The molecule has 0 fully saturated rings. The molecule has 0 unspecified atom stereocenters. The summed E-state index contributed by atoms with van der Waals surface area (Å²) >= 11 is 0. The summed E-state index contributed by atoms with van der Waals surface area (Å²) in [6, 6.07) is 0. The molecule has 0 radical (unpaired) electrons. The molecule has 0 rings (SSSR count). The standard InChI is InChI=1S/C14H23FN2O/c1-13(2)12-18-10-5-4-8-17-9-6-7-14(15)11-16-3/h4,6-9,11,13,17H,5,10,12H2,1-3H3/b8-4+,9-6+,14-7+,16-11?. The molecule has 0 aliphatic carbocycles. The van der Waals surface area contributed by atoms with E-state index in [1.54, 1.807) is 18.5 Å². The molecule has 0 spiro atoms. The van der Waals surface area contributed by atoms with Gasteiger partial charge in [0.1, 0.15) is 5.83 Å². The molecule has 18 heavy (non-hydrogen) atoms. The van der Waals surface area contributed by atoms with Gasteiger partial charge >= 0.3 is 0 Å². The number of halogens is 1. The molecule has 0 aliphatic heterocycles. The van der Waals surface area contributed by atoms with Crippen LogP contribution in [0.5, 0.6) is 0 Å². The van der Waals surface area contributed by atoms with Gasteiger partial charge in [-0.15, -0.1) is 0 Å². The van der Waals surface area contributed by atoms with Gasteiger partial charge in [0.2, 0.25) is 0 Å². The van der Waals surface area contributed by atoms with Gasteiger partial charge in [-0.3, -0.25) is 4.99 Å². The fourth-order valence-electron chi connectivity index (χ4n) is 1.04. The lowest BCUT2D eigenvalue weighted by Crippen LogP contribution is -2.02. The van der Waals surface area contributed by atoms with Gasteiger partial charge in [-0.05, 0) is 30.7 Å². The van der Waals surface area contributed by atoms with Crippen LogP contribution in [0.15, 0.2) is 41.4 Å². The van der Waals surface area contributed by atoms with E-state index >= 15 is 0 Å². The molecule has 0 saturated carbocycles. The minimum absolute atomic E-state index is 0.374. The zero-order valence-corrected chi connectivity index (χ0v) is 11.4. The highest BCUT2D eigenvalue weighted by atomic mass is 19.1. The summed E-state index contributed by atoms with van der Waals surface area (Å²) in [5, 5.41) is 2.91. The minimum atomic E-state index is -0.374. The Labute approximate surface area is 109 Å². The van der Waals surface area contributed by atoms with Crippen molar-refractivity contribution in [2.45, 2.75) is 20.3 Å². The number of hydrogen-bond donors (Lipinski definition) is 1. The van der Waals surface area contributed by atoms with Gasteiger partial charge in [-0.2, -0.15) is 0 Å². The van der Waals surface area contributed by atoms with Crippen molar-refractivity contribution in [2.75, 3.05) is 20.3 Å². The maximum absolute atomic E-state index is 12.8. The molecular formula is C14H23FN2O. The van der Waals surface area contributed by atoms with Crippen molar-refractivity contribution in [1.82, 2.24) is 5.32 Å². The Hall–Kier alpha value is -1.42. The van der Waals surface area contributed by atoms with Crippen LogP contribution in [0, 0.1) is 5.92 Å². The number of allylic oxidation sites excluding steroid dienone is 3. The average molecular weight is 254 g/mol. The monoisotopic (exact) mass is 254 g/mol. The van der Waals surface area contributed by atoms with Gasteiger partial charge in [-0.25, -0.2) is 4.39 Å². The molecule has 0 aromatic heterocycles. The van der Waals surface area contributed by atoms with Gasteiger partial charge in [0, 0.05) is 19.9 Å². The number of hydrogen-bond acceptors (Lipinski definition) is 3. The Morgan fingerprint density at radius 3 is 2.83 bits per heavy atom. The maximum Gasteiger partial charge on any atom is 0.141 e. The van der Waals surface area contributed by atoms with E-state index in [0.29, 0.717) is 5.92 Å². The van der Waals surface area contributed by atoms with Crippen LogP contribution in [0.3, 0.4) is 0 Å². The normalized spacial score (nSPS) is 13.5. The quantitative estimate of drug-likeness (QED) is 0.389. The molecule has 3 nitrogen and oxygen atoms in total. The lowest BCUT2D eigenvalue weighted by Gasteiger charge is -2.04. The van der Waals surface area contributed by atoms with Crippen molar-refractivity contribution in [3.05, 3.63) is 36.5 Å². The first-order valence-electron chi connectivity index (χ1n) is 6.10. The highest BCUT2D eigenvalue weighted by molar-refractivity contribution is 5.75. The third kappa shape index (κ3) is 12.6. The first-order valence-corrected chi connectivity index (χ1v) is 6.10. The van der Waals surface area contributed by atoms with Crippen molar-refractivity contribution >= 4 is 6.21 Å². The van der Waals surface area contributed by atoms with Crippen LogP contribution in [0.25, 0.3) is 0 Å². The molecule has 0 heterocycles. The van der Waals surface area contributed by atoms with Gasteiger partial charge < -0.3 is 10.1 Å². The Bertz CT molecular complexity index is 307. The summed E-state index contributed by atoms with van der Waals surface area (Å²) < 4.78 is 18.2. The Morgan fingerprint density at radius 2 is 2.17 bits per heavy atom. The lowest BCUT2D eigenvalue weighted by molar-refractivity contribution is 0.114. The van der Waals surface area contributed by atoms with Crippen LogP contribution in [-0.4, -0.2) is 26.5 Å². The van der Waals surface area contributed by atoms with Crippen molar-refractivity contribution in [1.29, 1.82) is 0 Å². The fraction of sp³-hybridized carbons (Fsp3) is 0.500. The molecule has 4 heteroatoms. The third-order valence-corrected chi connectivity index (χ3v) is 1.79. The molecule has 0 aromatic rings. The number of nitrogens with zero attached hydrogens (tertiary/aromatic N) is 1. The number of rotatable bonds is 9. The zero-order chi connectivity index (χ0) is 13.6. The van der Waals surface area contributed by atoms with E-state index in [2.05, 4.69) is 24.2 Å². The summed E-state index contributed by atoms with van der Waals surface area (Å²) in [5.41, 5.74) is 0. The maximum atomic E-state index is 12.8. The number of aliphatic imine (C=N–C) groups is 1. The summed E-state index contributed by atoms with van der Waals surface area (Å²) in [6.07, 6.45) is 10.4. The van der Waals surface area contributed by atoms with Crippen LogP contribution < -0.4 is 5.32 Å². The zero-order valence-electron chi connectivity index (χ0n) is 11.4. The van der Waals surface area contributed by atoms with E-state index in [4.69, 9.17) is 4.74 Å². The molecule has 102 valence electrons. The van der Waals surface area contributed by atoms with Crippen molar-refractivity contribution in [3.8, 4) is 0 Å². The molecule has 0 atom stereocenters. The Morgan fingerprint density at radius 1 is 1.39 bits per heavy atom. The summed E-state index contributed by atoms with van der Waals surface area (Å²) in [5.74, 6) is 0.199. The largest absolute Gasteiger partial charge is 0.381 e. The molecular weight excluding hydrogens is 231 g/mol. The van der Waals surface area contributed by atoms with E-state index < -0.39 is 0 Å². The predicted molar refractivity (Wildman–Crippen MR) is 75.3 cm³/mol. The van der Waals surface area contributed by atoms with Crippen LogP contribution in [-0.2, 0) is 4.74 Å². The van der Waals surface area contributed by atoms with Crippen molar-refractivity contribution < 1.29 is 9.13 Å². The summed E-state index contributed by atoms with van der Waals surface area (Å²) in [7, 11) is 1.53. The van der Waals surface area contributed by atoms with Crippen LogP contribution in [0.2, 0.25) is 0 Å². The molecule has 0 aromatic carbocycles. The number of nitrogens with one attached hydrogen (secondary N) is 1.